The van der Waals surface area contributed by atoms with E-state index in [1.165, 1.54) is 22.3 Å². The first kappa shape index (κ1) is 9.59. The molecule has 0 aromatic heterocycles. The van der Waals surface area contributed by atoms with Crippen molar-refractivity contribution in [2.75, 3.05) is 6.61 Å². The molecule has 0 heterocycles. The number of hydrogen-bond donors (Lipinski definition) is 0. The second-order valence-electron chi connectivity index (χ2n) is 3.45. The molecule has 2 heteroatoms. The molecule has 66 valence electrons. The van der Waals surface area contributed by atoms with Gasteiger partial charge in [-0.3, -0.25) is 0 Å². The molecule has 12 heavy (non-hydrogen) atoms. The van der Waals surface area contributed by atoms with Crippen molar-refractivity contribution in [3.8, 4) is 0 Å². The van der Waals surface area contributed by atoms with E-state index >= 15 is 0 Å². The van der Waals surface area contributed by atoms with Crippen LogP contribution < -0.4 is 0 Å². The van der Waals surface area contributed by atoms with Crippen LogP contribution in [-0.4, -0.2) is 14.1 Å². The van der Waals surface area contributed by atoms with E-state index in [2.05, 4.69) is 20.8 Å². The first-order valence-corrected chi connectivity index (χ1v) is 4.60. The maximum atomic E-state index is 5.40. The van der Waals surface area contributed by atoms with Crippen LogP contribution in [0.25, 0.3) is 0 Å². The minimum Gasteiger partial charge on any atom is -0.436 e. The average molecular weight is 164 g/mol. The third kappa shape index (κ3) is 1.81. The highest BCUT2D eigenvalue weighted by Crippen LogP contribution is 2.31. The molecule has 1 aliphatic rings. The molecule has 0 aliphatic heterocycles. The highest BCUT2D eigenvalue weighted by Gasteiger charge is 2.14. The number of hydrogen-bond acceptors (Lipinski definition) is 1. The normalized spacial score (nSPS) is 17.7. The largest absolute Gasteiger partial charge is 0.436 e. The van der Waals surface area contributed by atoms with Crippen LogP contribution in [0.1, 0.15) is 27.2 Å². The van der Waals surface area contributed by atoms with Crippen LogP contribution in [0.3, 0.4) is 0 Å². The minimum absolute atomic E-state index is 0.814. The van der Waals surface area contributed by atoms with Gasteiger partial charge in [-0.1, -0.05) is 12.4 Å². The van der Waals surface area contributed by atoms with Crippen molar-refractivity contribution in [2.45, 2.75) is 34.0 Å². The maximum absolute atomic E-state index is 5.40. The van der Waals surface area contributed by atoms with E-state index in [1.807, 2.05) is 6.82 Å². The highest BCUT2D eigenvalue weighted by atomic mass is 16.4. The lowest BCUT2D eigenvalue weighted by Crippen LogP contribution is -1.99. The van der Waals surface area contributed by atoms with E-state index in [0.29, 0.717) is 0 Å². The van der Waals surface area contributed by atoms with Crippen LogP contribution in [0.2, 0.25) is 6.82 Å². The fraction of sp³-hybridized carbons (Fsp3) is 0.600. The Kier molecular flexibility index (Phi) is 3.16. The van der Waals surface area contributed by atoms with Gasteiger partial charge in [-0.15, -0.1) is 0 Å². The van der Waals surface area contributed by atoms with Crippen molar-refractivity contribution in [2.24, 2.45) is 0 Å². The Morgan fingerprint density at radius 3 is 2.33 bits per heavy atom. The molecular formula is C10H17BO. The summed E-state index contributed by atoms with van der Waals surface area (Å²) in [7, 11) is 0.814. The predicted molar refractivity (Wildman–Crippen MR) is 54.7 cm³/mol. The summed E-state index contributed by atoms with van der Waals surface area (Å²) in [6, 6.07) is 0. The van der Waals surface area contributed by atoms with Gasteiger partial charge < -0.3 is 4.65 Å². The van der Waals surface area contributed by atoms with Crippen molar-refractivity contribution in [3.63, 3.8) is 0 Å². The molecule has 0 atom stereocenters. The fourth-order valence-electron chi connectivity index (χ4n) is 1.56. The van der Waals surface area contributed by atoms with Crippen LogP contribution in [0.5, 0.6) is 0 Å². The van der Waals surface area contributed by atoms with Gasteiger partial charge in [-0.2, -0.15) is 0 Å². The quantitative estimate of drug-likeness (QED) is 0.582. The monoisotopic (exact) mass is 164 g/mol. The molecule has 0 saturated carbocycles. The first-order chi connectivity index (χ1) is 5.66. The second-order valence-corrected chi connectivity index (χ2v) is 3.45. The van der Waals surface area contributed by atoms with Crippen molar-refractivity contribution < 1.29 is 4.65 Å². The van der Waals surface area contributed by atoms with Gasteiger partial charge in [0.05, 0.1) is 6.61 Å². The van der Waals surface area contributed by atoms with E-state index in [9.17, 15) is 0 Å². The van der Waals surface area contributed by atoms with Crippen molar-refractivity contribution >= 4 is 7.48 Å². The Labute approximate surface area is 75.8 Å². The maximum Gasteiger partial charge on any atom is 0.272 e. The van der Waals surface area contributed by atoms with E-state index in [-0.39, 0.29) is 0 Å². The molecule has 0 fully saturated rings. The molecule has 0 aromatic carbocycles. The van der Waals surface area contributed by atoms with Gasteiger partial charge in [0.15, 0.2) is 0 Å². The molecule has 0 bridgehead atoms. The van der Waals surface area contributed by atoms with Crippen molar-refractivity contribution in [1.29, 1.82) is 0 Å². The fourth-order valence-corrected chi connectivity index (χ4v) is 1.56. The van der Waals surface area contributed by atoms with Gasteiger partial charge in [-0.25, -0.2) is 0 Å². The molecule has 0 N–H and O–H groups in total. The van der Waals surface area contributed by atoms with Crippen LogP contribution in [0.15, 0.2) is 22.3 Å². The zero-order valence-electron chi connectivity index (χ0n) is 8.53. The molecule has 1 rings (SSSR count). The molecule has 0 amide bonds. The topological polar surface area (TPSA) is 9.23 Å². The van der Waals surface area contributed by atoms with Crippen LogP contribution >= 0.6 is 0 Å². The van der Waals surface area contributed by atoms with Crippen LogP contribution in [0.4, 0.5) is 0 Å². The van der Waals surface area contributed by atoms with Gasteiger partial charge in [0.1, 0.15) is 0 Å². The van der Waals surface area contributed by atoms with Gasteiger partial charge in [0.25, 0.3) is 7.48 Å². The summed E-state index contributed by atoms with van der Waals surface area (Å²) in [6.07, 6.45) is 1.12. The lowest BCUT2D eigenvalue weighted by Gasteiger charge is -2.04. The molecule has 0 saturated heterocycles. The Bertz CT molecular complexity index is 238. The molecule has 0 spiro atoms. The van der Waals surface area contributed by atoms with Gasteiger partial charge >= 0.3 is 0 Å². The standard InChI is InChI=1S/C10H17BO/c1-7-5-10(6-12-11-4)9(3)8(7)2/h11H,5-6H2,1-4H3. The zero-order valence-corrected chi connectivity index (χ0v) is 8.53. The van der Waals surface area contributed by atoms with E-state index in [1.54, 1.807) is 0 Å². The molecule has 0 unspecified atom stereocenters. The smallest absolute Gasteiger partial charge is 0.272 e. The van der Waals surface area contributed by atoms with Gasteiger partial charge in [-0.05, 0) is 43.9 Å². The van der Waals surface area contributed by atoms with Crippen molar-refractivity contribution in [3.05, 3.63) is 22.3 Å². The highest BCUT2D eigenvalue weighted by molar-refractivity contribution is 6.24. The summed E-state index contributed by atoms with van der Waals surface area (Å²) < 4.78 is 5.40. The summed E-state index contributed by atoms with van der Waals surface area (Å²) in [5.74, 6) is 0. The average Bonchev–Trinajstić information content (AvgIpc) is 2.30. The Hall–Kier alpha value is -0.495. The summed E-state index contributed by atoms with van der Waals surface area (Å²) in [6.45, 7) is 9.45. The summed E-state index contributed by atoms with van der Waals surface area (Å²) in [5, 5.41) is 0. The molecule has 0 radical (unpaired) electrons. The summed E-state index contributed by atoms with van der Waals surface area (Å²) in [5.41, 5.74) is 5.87. The van der Waals surface area contributed by atoms with Crippen molar-refractivity contribution in [1.82, 2.24) is 0 Å². The molecular weight excluding hydrogens is 147 g/mol. The Balaban J connectivity index is 2.60. The van der Waals surface area contributed by atoms with E-state index in [0.717, 1.165) is 20.5 Å². The lowest BCUT2D eigenvalue weighted by atomic mass is 10.1. The van der Waals surface area contributed by atoms with Crippen LogP contribution in [-0.2, 0) is 4.65 Å². The SMILES string of the molecule is CBOCC1=C(C)C(C)=C(C)C1. The third-order valence-electron chi connectivity index (χ3n) is 2.69. The second kappa shape index (κ2) is 3.95. The predicted octanol–water partition coefficient (Wildman–Crippen LogP) is 2.46. The summed E-state index contributed by atoms with van der Waals surface area (Å²) in [4.78, 5) is 0. The third-order valence-corrected chi connectivity index (χ3v) is 2.69. The molecule has 1 nitrogen and oxygen atoms in total. The minimum atomic E-state index is 0.814. The first-order valence-electron chi connectivity index (χ1n) is 4.60. The Morgan fingerprint density at radius 2 is 1.92 bits per heavy atom. The molecule has 0 aromatic rings. The Morgan fingerprint density at radius 1 is 1.25 bits per heavy atom. The van der Waals surface area contributed by atoms with Crippen LogP contribution in [0, 0.1) is 0 Å². The zero-order chi connectivity index (χ0) is 9.14. The lowest BCUT2D eigenvalue weighted by molar-refractivity contribution is 0.373. The van der Waals surface area contributed by atoms with Gasteiger partial charge in [0.2, 0.25) is 0 Å². The van der Waals surface area contributed by atoms with E-state index < -0.39 is 0 Å². The van der Waals surface area contributed by atoms with E-state index in [4.69, 9.17) is 4.65 Å². The molecule has 1 aliphatic carbocycles. The summed E-state index contributed by atoms with van der Waals surface area (Å²) >= 11 is 0. The number of rotatable bonds is 3. The number of allylic oxidation sites excluding steroid dienone is 3. The van der Waals surface area contributed by atoms with Gasteiger partial charge in [0, 0.05) is 0 Å².